The van der Waals surface area contributed by atoms with Crippen LogP contribution in [-0.4, -0.2) is 191 Å². The zero-order valence-corrected chi connectivity index (χ0v) is 83.3. The molecule has 8 aliphatic carbocycles. The first-order valence-corrected chi connectivity index (χ1v) is 56.9. The molecule has 11 aromatic rings. The fraction of sp³-hybridized carbons (Fsp3) is 0.661. The van der Waals surface area contributed by atoms with Gasteiger partial charge in [0.25, 0.3) is 0 Å². The monoisotopic (exact) mass is 1870 g/mol. The van der Waals surface area contributed by atoms with Gasteiger partial charge in [0.1, 0.15) is 28.7 Å². The molecule has 21 heteroatoms. The van der Waals surface area contributed by atoms with Gasteiger partial charge in [-0.05, 0) is 302 Å². The molecule has 0 radical (unpaired) electrons. The van der Waals surface area contributed by atoms with Crippen molar-refractivity contribution in [3.63, 3.8) is 0 Å². The number of aliphatic carboxylic acids is 1. The highest BCUT2D eigenvalue weighted by Gasteiger charge is 2.52. The van der Waals surface area contributed by atoms with Crippen molar-refractivity contribution in [2.45, 2.75) is 431 Å². The molecule has 28 rings (SSSR count). The molecule has 4 aromatic carbocycles. The Bertz CT molecular complexity index is 5910. The van der Waals surface area contributed by atoms with Crippen molar-refractivity contribution < 1.29 is 14.4 Å². The van der Waals surface area contributed by atoms with Gasteiger partial charge in [0.15, 0.2) is 17.5 Å². The van der Waals surface area contributed by atoms with Crippen LogP contribution in [0, 0.1) is 54.3 Å². The lowest BCUT2D eigenvalue weighted by atomic mass is 9.68. The molecule has 16 bridgehead atoms. The predicted octanol–water partition coefficient (Wildman–Crippen LogP) is 25.4. The highest BCUT2D eigenvalue weighted by molar-refractivity contribution is 5.83. The Hall–Kier alpha value is -8.60. The summed E-state index contributed by atoms with van der Waals surface area (Å²) in [5.74, 6) is 12.2. The van der Waals surface area contributed by atoms with E-state index in [0.717, 1.165) is 196 Å². The van der Waals surface area contributed by atoms with Crippen LogP contribution in [0.4, 0.5) is 0 Å². The minimum Gasteiger partial charge on any atom is -0.480 e. The van der Waals surface area contributed by atoms with E-state index >= 15 is 0 Å². The van der Waals surface area contributed by atoms with Gasteiger partial charge in [0.05, 0.1) is 63.1 Å². The molecule has 0 amide bonds. The van der Waals surface area contributed by atoms with Gasteiger partial charge in [-0.1, -0.05) is 176 Å². The van der Waals surface area contributed by atoms with Crippen LogP contribution in [0.2, 0.25) is 0 Å². The molecule has 21 nitrogen and oxygen atoms in total. The van der Waals surface area contributed by atoms with E-state index in [-0.39, 0.29) is 12.6 Å². The van der Waals surface area contributed by atoms with Gasteiger partial charge in [-0.2, -0.15) is 0 Å². The number of hydrogen-bond donors (Lipinski definition) is 1. The van der Waals surface area contributed by atoms with Crippen LogP contribution in [0.15, 0.2) is 145 Å². The highest BCUT2D eigenvalue weighted by Crippen LogP contribution is 2.55. The largest absolute Gasteiger partial charge is 0.480 e. The Morgan fingerprint density at radius 3 is 0.942 bits per heavy atom. The maximum absolute atomic E-state index is 11.6. The van der Waals surface area contributed by atoms with E-state index in [2.05, 4.69) is 165 Å². The molecule has 736 valence electrons. The van der Waals surface area contributed by atoms with Crippen LogP contribution < -0.4 is 0 Å². The third-order valence-corrected chi connectivity index (χ3v) is 39.5. The summed E-state index contributed by atoms with van der Waals surface area (Å²) in [6.45, 7) is 3.01. The number of fused-ring (bicyclic) bond motifs is 20. The smallest absolute Gasteiger partial charge is 0.317 e. The Kier molecular flexibility index (Phi) is 26.7. The van der Waals surface area contributed by atoms with Crippen molar-refractivity contribution in [3.05, 3.63) is 152 Å². The molecule has 139 heavy (non-hydrogen) atoms. The van der Waals surface area contributed by atoms with Crippen LogP contribution in [-0.2, 0) is 11.2 Å². The first-order valence-electron chi connectivity index (χ1n) is 56.9. The lowest BCUT2D eigenvalue weighted by molar-refractivity contribution is -0.139. The molecule has 9 saturated heterocycles. The normalized spacial score (nSPS) is 34.8. The number of aryl methyl sites for hydroxylation is 1. The zero-order valence-electron chi connectivity index (χ0n) is 83.3. The number of nitrogens with zero attached hydrogens (tertiary/aromatic N) is 18. The van der Waals surface area contributed by atoms with Crippen LogP contribution >= 0.6 is 0 Å². The number of benzene rings is 4. The Balaban J connectivity index is 0.0000000982. The second-order valence-corrected chi connectivity index (χ2v) is 48.0. The summed E-state index contributed by atoms with van der Waals surface area (Å²) in [6, 6.07) is 48.0. The van der Waals surface area contributed by atoms with Crippen molar-refractivity contribution in [1.82, 2.24) is 87.8 Å². The molecule has 16 heterocycles. The quantitative estimate of drug-likeness (QED) is 0.101. The minimum absolute atomic E-state index is 0.150. The van der Waals surface area contributed by atoms with E-state index < -0.39 is 5.97 Å². The van der Waals surface area contributed by atoms with E-state index in [1.165, 1.54) is 330 Å². The molecule has 17 fully saturated rings. The number of likely N-dealkylation sites (tertiary alicyclic amines) is 1. The summed E-state index contributed by atoms with van der Waals surface area (Å²) in [6.07, 6.45) is 80.0. The average Bonchev–Trinajstić information content (AvgIpc) is 0.803. The molecular weight excluding hydrogens is 1720 g/mol. The fourth-order valence-corrected chi connectivity index (χ4v) is 34.5. The molecule has 0 spiro atoms. The number of piperidine rings is 9. The molecule has 17 aliphatic rings. The molecule has 25 atom stereocenters. The number of aromatic nitrogens is 13. The first kappa shape index (κ1) is 91.6. The third-order valence-electron chi connectivity index (χ3n) is 39.5. The van der Waals surface area contributed by atoms with Gasteiger partial charge >= 0.3 is 5.97 Å². The summed E-state index contributed by atoms with van der Waals surface area (Å²) < 4.78 is 15.7. The second kappa shape index (κ2) is 40.5. The first-order chi connectivity index (χ1) is 68.5. The number of rotatable bonds is 15. The van der Waals surface area contributed by atoms with Crippen molar-refractivity contribution >= 4 is 50.1 Å². The summed E-state index contributed by atoms with van der Waals surface area (Å²) in [7, 11) is 0. The lowest BCUT2D eigenvalue weighted by Crippen LogP contribution is -2.58. The van der Waals surface area contributed by atoms with E-state index in [1.54, 1.807) is 24.8 Å². The minimum atomic E-state index is -0.710. The van der Waals surface area contributed by atoms with Crippen molar-refractivity contribution in [2.24, 2.45) is 47.3 Å². The van der Waals surface area contributed by atoms with Crippen LogP contribution in [0.5, 0.6) is 0 Å². The Morgan fingerprint density at radius 1 is 0.317 bits per heavy atom. The van der Waals surface area contributed by atoms with Crippen molar-refractivity contribution in [2.75, 3.05) is 13.1 Å². The summed E-state index contributed by atoms with van der Waals surface area (Å²) >= 11 is 0. The summed E-state index contributed by atoms with van der Waals surface area (Å²) in [4.78, 5) is 64.4. The number of imidazole rings is 4. The van der Waals surface area contributed by atoms with Gasteiger partial charge < -0.3 is 27.9 Å². The van der Waals surface area contributed by atoms with Crippen molar-refractivity contribution in [3.8, 4) is 34.6 Å². The molecule has 8 saturated carbocycles. The third kappa shape index (κ3) is 18.9. The van der Waals surface area contributed by atoms with Gasteiger partial charge in [-0.3, -0.25) is 39.3 Å². The van der Waals surface area contributed by atoms with Gasteiger partial charge in [0.2, 0.25) is 0 Å². The lowest BCUT2D eigenvalue weighted by Gasteiger charge is -2.55. The molecule has 8 unspecified atom stereocenters. The topological polar surface area (TPSA) is 202 Å². The number of carboxylic acid groups (broad SMARTS) is 1. The molecule has 1 N–H and O–H groups in total. The maximum atomic E-state index is 11.6. The summed E-state index contributed by atoms with van der Waals surface area (Å²) in [5, 5.41) is 13.9. The van der Waals surface area contributed by atoms with E-state index in [1.807, 2.05) is 25.4 Å². The second-order valence-electron chi connectivity index (χ2n) is 48.0. The van der Waals surface area contributed by atoms with E-state index in [4.69, 9.17) is 24.5 Å². The molecule has 7 aromatic heterocycles. The number of para-hydroxylation sites is 8. The SMILES string of the molecule is Cc1cc(-c2nc3ccccc3n2C2C[C@H]3CCC[C@@H](C2)N3C2C[C@H]3CCC[C@@H](C2)C3)no1.O=C(O)CN1CCCC[C@H]1Cc1nc2ccccc2n1C1C[C@H]2CCC[C@@H](C1)N2C1C[C@H]2CCCC[C@@H](C1)C2.c1ccc2c(c1)nc(-c1cnccn1)n2C1C[C@H]2CCC[C@@H](C1)N2C1C[C@H]2CCCC[C@@H](C1)C2.c1ccc2c(c1)nc(-c1cnccn1)n2C1C[C@H]2CCC[C@@H](C1)N2C1C[C@H]2CCC[C@@H](C1)C2. The van der Waals surface area contributed by atoms with Crippen LogP contribution in [0.25, 0.3) is 78.7 Å². The number of hydrogen-bond acceptors (Lipinski definition) is 16. The van der Waals surface area contributed by atoms with Gasteiger partial charge in [-0.15, -0.1) is 0 Å². The number of carboxylic acids is 1. The zero-order chi connectivity index (χ0) is 92.5. The standard InChI is InChI=1S/C33H48N4O2.C29H37N5.C28H35N5.C28H36N4O/c38-33(39)22-35-15-6-5-10-25(35)21-32-34-30-13-3-4-14-31(30)37(32)29-19-26-11-7-12-27(20-29)36(26)28-17-23-8-1-2-9-24(16-23)18-28;1-2-7-21-14-20(6-1)15-24(16-21)33-22-8-5-9-23(33)18-25(17-22)34-28-11-4-3-10-26(28)32-29(34)27-19-30-12-13-31-27;1-2-10-27-25(9-1)31-28(26-18-29-11-12-30-26)33(27)24-16-21-7-4-8-22(17-24)32(21)23-14-19-5-3-6-20(13-19)15-23;1-18-12-26(30-33-18)28-29-25-10-2-3-11-27(25)32(28)24-16-21-8-5-9-22(17-24)31(21)23-14-19-6-4-7-20(13-19)15-23/h3-4,13-14,23-29H,1-2,5-12,15-22H2,(H,38,39);3-4,10-13,19-25H,1-2,5-9,14-18H2;1-2,9-12,18-24H,3-8,13-17H2;2-3,10-12,19-24H,4-9,13-17H2,1H3/t23-,24+,25-,26-,27+,28?,29?;20-,21+,22-,23+,24?,25?;2*19-,20+,21-,22+,23?,24?/m0.../s1. The highest BCUT2D eigenvalue weighted by atomic mass is 16.5. The molecule has 9 aliphatic heterocycles. The average molecular weight is 1870 g/mol. The fourth-order valence-electron chi connectivity index (χ4n) is 34.5. The maximum Gasteiger partial charge on any atom is 0.317 e. The van der Waals surface area contributed by atoms with Crippen molar-refractivity contribution in [1.29, 1.82) is 0 Å². The summed E-state index contributed by atoms with van der Waals surface area (Å²) in [5.41, 5.74) is 12.0. The number of carbonyl (C=O) groups is 1. The van der Waals surface area contributed by atoms with Crippen LogP contribution in [0.3, 0.4) is 0 Å². The Labute approximate surface area is 824 Å². The van der Waals surface area contributed by atoms with Gasteiger partial charge in [-0.25, -0.2) is 29.9 Å². The van der Waals surface area contributed by atoms with Crippen LogP contribution in [0.1, 0.15) is 350 Å². The van der Waals surface area contributed by atoms with E-state index in [9.17, 15) is 9.90 Å². The van der Waals surface area contributed by atoms with Gasteiger partial charge in [0, 0.05) is 140 Å². The Morgan fingerprint density at radius 2 is 0.619 bits per heavy atom. The molecular formula is C118H156N18O3. The van der Waals surface area contributed by atoms with E-state index in [0.29, 0.717) is 36.3 Å². The predicted molar refractivity (Wildman–Crippen MR) is 551 cm³/mol.